The van der Waals surface area contributed by atoms with Crippen LogP contribution >= 0.6 is 0 Å². The monoisotopic (exact) mass is 582 g/mol. The Morgan fingerprint density at radius 2 is 1.21 bits per heavy atom. The first kappa shape index (κ1) is 30.0. The fraction of sp³-hybridized carbons (Fsp3) is 0.353. The molecule has 2 aliphatic rings. The van der Waals surface area contributed by atoms with Gasteiger partial charge in [-0.3, -0.25) is 9.59 Å². The molecule has 1 unspecified atom stereocenters. The highest BCUT2D eigenvalue weighted by molar-refractivity contribution is 5.96. The second-order valence-electron chi connectivity index (χ2n) is 11.4. The van der Waals surface area contributed by atoms with Gasteiger partial charge in [-0.2, -0.15) is 0 Å². The van der Waals surface area contributed by atoms with Crippen molar-refractivity contribution in [2.24, 2.45) is 0 Å². The number of aromatic nitrogens is 4. The van der Waals surface area contributed by atoms with Gasteiger partial charge in [-0.25, -0.2) is 9.97 Å². The normalized spacial score (nSPS) is 14.0. The van der Waals surface area contributed by atoms with Gasteiger partial charge in [0.25, 0.3) is 0 Å². The van der Waals surface area contributed by atoms with Crippen LogP contribution < -0.4 is 0 Å². The number of aromatic amines is 2. The van der Waals surface area contributed by atoms with Crippen molar-refractivity contribution in [1.29, 1.82) is 0 Å². The first-order chi connectivity index (χ1) is 20.4. The molecule has 43 heavy (non-hydrogen) atoms. The standard InChI is InChI=1S/C34H38N4O5/c1-7-21-16(2)24-12-25-17(3)22(8-10-32(40)41)29(36-25)15-30-23(9-11-33(42)43)18(4)26(37-30)14-31-34(20(6)39)19(5)27(38-31)13-28(21)35-24/h12-15,20,35,37,39H,7-11H2,1-6H3,(H,40,41)(H,42,43). The summed E-state index contributed by atoms with van der Waals surface area (Å²) in [6.07, 6.45) is 0.605. The number of aryl methyl sites for hydroxylation is 4. The van der Waals surface area contributed by atoms with Gasteiger partial charge in [0.15, 0.2) is 0 Å². The summed E-state index contributed by atoms with van der Waals surface area (Å²) < 4.78 is 0. The molecule has 9 nitrogen and oxygen atoms in total. The van der Waals surface area contributed by atoms with Gasteiger partial charge in [0.05, 0.1) is 28.9 Å². The Balaban J connectivity index is 1.94. The third-order valence-corrected chi connectivity index (χ3v) is 8.67. The van der Waals surface area contributed by atoms with Crippen molar-refractivity contribution >= 4 is 56.3 Å². The minimum Gasteiger partial charge on any atom is -0.481 e. The van der Waals surface area contributed by atoms with Crippen molar-refractivity contribution in [2.45, 2.75) is 79.8 Å². The number of carbonyl (C=O) groups is 2. The van der Waals surface area contributed by atoms with Crippen LogP contribution in [0.2, 0.25) is 0 Å². The van der Waals surface area contributed by atoms with Crippen LogP contribution in [0.15, 0.2) is 24.3 Å². The summed E-state index contributed by atoms with van der Waals surface area (Å²) in [5, 5.41) is 29.7. The molecule has 2 aliphatic heterocycles. The predicted octanol–water partition coefficient (Wildman–Crippen LogP) is 6.62. The molecule has 0 saturated heterocycles. The van der Waals surface area contributed by atoms with E-state index in [4.69, 9.17) is 9.97 Å². The van der Waals surface area contributed by atoms with E-state index in [1.165, 1.54) is 0 Å². The van der Waals surface area contributed by atoms with E-state index in [1.807, 2.05) is 45.0 Å². The molecule has 1 atom stereocenters. The lowest BCUT2D eigenvalue weighted by molar-refractivity contribution is -0.137. The zero-order valence-electron chi connectivity index (χ0n) is 25.5. The number of carboxylic acid groups (broad SMARTS) is 2. The fourth-order valence-corrected chi connectivity index (χ4v) is 6.27. The van der Waals surface area contributed by atoms with E-state index in [1.54, 1.807) is 6.92 Å². The molecule has 0 spiro atoms. The summed E-state index contributed by atoms with van der Waals surface area (Å²) in [5.41, 5.74) is 13.6. The lowest BCUT2D eigenvalue weighted by Crippen LogP contribution is -2.02. The van der Waals surface area contributed by atoms with Gasteiger partial charge >= 0.3 is 11.9 Å². The third kappa shape index (κ3) is 5.64. The molecule has 0 fully saturated rings. The molecule has 5 heterocycles. The Morgan fingerprint density at radius 3 is 1.81 bits per heavy atom. The Kier molecular flexibility index (Phi) is 8.12. The van der Waals surface area contributed by atoms with Gasteiger partial charge in [-0.1, -0.05) is 6.92 Å². The summed E-state index contributed by atoms with van der Waals surface area (Å²) in [5.74, 6) is -1.78. The highest BCUT2D eigenvalue weighted by Gasteiger charge is 2.23. The van der Waals surface area contributed by atoms with Gasteiger partial charge in [0, 0.05) is 40.5 Å². The number of allylic oxidation sites excluding steroid dienone is 3. The quantitative estimate of drug-likeness (QED) is 0.200. The Bertz CT molecular complexity index is 1890. The molecule has 5 rings (SSSR count). The average molecular weight is 583 g/mol. The second-order valence-corrected chi connectivity index (χ2v) is 11.4. The largest absolute Gasteiger partial charge is 0.481 e. The van der Waals surface area contributed by atoms with Crippen molar-refractivity contribution in [2.75, 3.05) is 0 Å². The first-order valence-corrected chi connectivity index (χ1v) is 14.7. The minimum absolute atomic E-state index is 0.0334. The van der Waals surface area contributed by atoms with Crippen molar-refractivity contribution in [3.8, 4) is 0 Å². The lowest BCUT2D eigenvalue weighted by atomic mass is 10.00. The van der Waals surface area contributed by atoms with E-state index in [-0.39, 0.29) is 12.8 Å². The van der Waals surface area contributed by atoms with Gasteiger partial charge in [-0.05, 0) is 117 Å². The number of aliphatic hydroxyl groups is 1. The van der Waals surface area contributed by atoms with Crippen LogP contribution in [-0.2, 0) is 22.4 Å². The van der Waals surface area contributed by atoms with Crippen molar-refractivity contribution in [3.05, 3.63) is 69.3 Å². The zero-order chi connectivity index (χ0) is 31.2. The smallest absolute Gasteiger partial charge is 0.303 e. The highest BCUT2D eigenvalue weighted by Crippen LogP contribution is 2.37. The predicted molar refractivity (Wildman–Crippen MR) is 169 cm³/mol. The summed E-state index contributed by atoms with van der Waals surface area (Å²) in [6, 6.07) is 7.85. The molecule has 8 bridgehead atoms. The molecule has 3 aromatic heterocycles. The maximum absolute atomic E-state index is 11.6. The fourth-order valence-electron chi connectivity index (χ4n) is 6.27. The van der Waals surface area contributed by atoms with E-state index < -0.39 is 18.0 Å². The number of aliphatic carboxylic acids is 2. The van der Waals surface area contributed by atoms with Crippen molar-refractivity contribution in [1.82, 2.24) is 19.9 Å². The van der Waals surface area contributed by atoms with Gasteiger partial charge < -0.3 is 25.3 Å². The minimum atomic E-state index is -0.895. The number of rotatable bonds is 8. The van der Waals surface area contributed by atoms with E-state index in [2.05, 4.69) is 23.8 Å². The number of hydrogen-bond donors (Lipinski definition) is 5. The number of nitrogens with one attached hydrogen (secondary N) is 2. The molecular weight excluding hydrogens is 544 g/mol. The van der Waals surface area contributed by atoms with Crippen LogP contribution in [0.4, 0.5) is 0 Å². The Hall–Kier alpha value is -4.50. The third-order valence-electron chi connectivity index (χ3n) is 8.67. The number of hydrogen-bond acceptors (Lipinski definition) is 5. The van der Waals surface area contributed by atoms with Crippen LogP contribution in [0, 0.1) is 13.8 Å². The lowest BCUT2D eigenvalue weighted by Gasteiger charge is -2.07. The van der Waals surface area contributed by atoms with Crippen molar-refractivity contribution in [3.63, 3.8) is 0 Å². The first-order valence-electron chi connectivity index (χ1n) is 14.7. The van der Waals surface area contributed by atoms with Crippen LogP contribution in [0.3, 0.4) is 0 Å². The molecule has 9 heteroatoms. The maximum Gasteiger partial charge on any atom is 0.303 e. The zero-order valence-corrected chi connectivity index (χ0v) is 25.5. The Labute approximate surface area is 250 Å². The number of carboxylic acids is 2. The SMILES string of the molecule is CCc1c(C)c2cc3nc(cc4[nH]c(cc5nc(cc1[nH]2)C(C)=C5C(C)O)c(C)c4CCC(=O)O)C(CCC(=O)O)=C3C. The van der Waals surface area contributed by atoms with Gasteiger partial charge in [0.1, 0.15) is 0 Å². The number of fused-ring (bicyclic) bond motifs is 8. The van der Waals surface area contributed by atoms with Gasteiger partial charge in [0.2, 0.25) is 0 Å². The summed E-state index contributed by atoms with van der Waals surface area (Å²) in [6.45, 7) is 11.8. The van der Waals surface area contributed by atoms with Crippen LogP contribution in [-0.4, -0.2) is 53.3 Å². The van der Waals surface area contributed by atoms with Crippen LogP contribution in [0.25, 0.3) is 44.4 Å². The van der Waals surface area contributed by atoms with E-state index >= 15 is 0 Å². The molecule has 0 aliphatic carbocycles. The maximum atomic E-state index is 11.6. The average Bonchev–Trinajstić information content (AvgIpc) is 3.59. The summed E-state index contributed by atoms with van der Waals surface area (Å²) >= 11 is 0. The molecule has 0 saturated carbocycles. The summed E-state index contributed by atoms with van der Waals surface area (Å²) in [7, 11) is 0. The van der Waals surface area contributed by atoms with Gasteiger partial charge in [-0.15, -0.1) is 0 Å². The molecule has 0 aromatic carbocycles. The topological polar surface area (TPSA) is 152 Å². The highest BCUT2D eigenvalue weighted by atomic mass is 16.4. The molecular formula is C34H38N4O5. The number of aliphatic hydroxyl groups excluding tert-OH is 1. The molecule has 224 valence electrons. The molecule has 0 radical (unpaired) electrons. The summed E-state index contributed by atoms with van der Waals surface area (Å²) in [4.78, 5) is 40.1. The van der Waals surface area contributed by atoms with Crippen LogP contribution in [0.1, 0.15) is 92.0 Å². The van der Waals surface area contributed by atoms with Crippen LogP contribution in [0.5, 0.6) is 0 Å². The second kappa shape index (κ2) is 11.6. The molecule has 5 N–H and O–H groups in total. The number of H-pyrrole nitrogens is 2. The van der Waals surface area contributed by atoms with Crippen molar-refractivity contribution < 1.29 is 24.9 Å². The van der Waals surface area contributed by atoms with E-state index in [9.17, 15) is 24.9 Å². The molecule has 0 amide bonds. The molecule has 3 aromatic rings. The van der Waals surface area contributed by atoms with E-state index in [0.717, 1.165) is 84.4 Å². The number of nitrogens with zero attached hydrogens (tertiary/aromatic N) is 2. The Morgan fingerprint density at radius 1 is 0.721 bits per heavy atom. The van der Waals surface area contributed by atoms with E-state index in [0.29, 0.717) is 24.2 Å².